The maximum Gasteiger partial charge on any atom is 0.327 e. The Bertz CT molecular complexity index is 872. The van der Waals surface area contributed by atoms with Gasteiger partial charge in [-0.2, -0.15) is 0 Å². The second-order valence-electron chi connectivity index (χ2n) is 7.09. The lowest BCUT2D eigenvalue weighted by Gasteiger charge is -2.43. The third-order valence-corrected chi connectivity index (χ3v) is 6.46. The van der Waals surface area contributed by atoms with Gasteiger partial charge in [0.1, 0.15) is 0 Å². The second kappa shape index (κ2) is 6.16. The van der Waals surface area contributed by atoms with E-state index in [2.05, 4.69) is 21.7 Å². The van der Waals surface area contributed by atoms with Gasteiger partial charge in [-0.15, -0.1) is 0 Å². The van der Waals surface area contributed by atoms with Crippen LogP contribution >= 0.6 is 11.8 Å². The number of carbonyl (C=O) groups excluding carboxylic acids is 2. The van der Waals surface area contributed by atoms with Crippen LogP contribution in [-0.2, 0) is 30.7 Å². The summed E-state index contributed by atoms with van der Waals surface area (Å²) >= 11 is 1.76. The zero-order valence-corrected chi connectivity index (χ0v) is 15.2. The minimum absolute atomic E-state index is 0.00560. The van der Waals surface area contributed by atoms with E-state index in [0.717, 1.165) is 29.6 Å². The number of imidazole rings is 1. The van der Waals surface area contributed by atoms with E-state index >= 15 is 0 Å². The van der Waals surface area contributed by atoms with Gasteiger partial charge < -0.3 is 9.47 Å². The van der Waals surface area contributed by atoms with Crippen LogP contribution in [0.4, 0.5) is 4.79 Å². The summed E-state index contributed by atoms with van der Waals surface area (Å²) < 4.78 is 2.15. The Balaban J connectivity index is 1.31. The predicted molar refractivity (Wildman–Crippen MR) is 97.9 cm³/mol. The van der Waals surface area contributed by atoms with Crippen molar-refractivity contribution in [3.8, 4) is 0 Å². The first kappa shape index (κ1) is 15.9. The molecule has 7 heteroatoms. The number of carbonyl (C=O) groups is 2. The summed E-state index contributed by atoms with van der Waals surface area (Å²) in [4.78, 5) is 33.4. The fraction of sp³-hybridized carbons (Fsp3) is 0.421. The number of hydrogen-bond acceptors (Lipinski definition) is 4. The van der Waals surface area contributed by atoms with Crippen LogP contribution in [0.1, 0.15) is 23.2 Å². The van der Waals surface area contributed by atoms with E-state index in [0.29, 0.717) is 25.9 Å². The number of rotatable bonds is 3. The number of fused-ring (bicyclic) bond motifs is 3. The minimum atomic E-state index is -0.151. The Kier molecular flexibility index (Phi) is 3.77. The highest BCUT2D eigenvalue weighted by atomic mass is 32.2. The topological polar surface area (TPSA) is 58.4 Å². The molecule has 0 N–H and O–H groups in total. The van der Waals surface area contributed by atoms with E-state index in [1.54, 1.807) is 11.8 Å². The Morgan fingerprint density at radius 2 is 2.00 bits per heavy atom. The van der Waals surface area contributed by atoms with E-state index in [-0.39, 0.29) is 18.0 Å². The van der Waals surface area contributed by atoms with Crippen molar-refractivity contribution in [2.24, 2.45) is 0 Å². The van der Waals surface area contributed by atoms with E-state index in [4.69, 9.17) is 0 Å². The minimum Gasteiger partial charge on any atom is -0.325 e. The number of urea groups is 1. The lowest BCUT2D eigenvalue weighted by Crippen LogP contribution is -2.58. The quantitative estimate of drug-likeness (QED) is 0.834. The van der Waals surface area contributed by atoms with Crippen LogP contribution in [0.3, 0.4) is 0 Å². The van der Waals surface area contributed by atoms with Crippen molar-refractivity contribution < 1.29 is 9.59 Å². The van der Waals surface area contributed by atoms with Gasteiger partial charge in [0.15, 0.2) is 5.16 Å². The highest BCUT2D eigenvalue weighted by Crippen LogP contribution is 2.30. The summed E-state index contributed by atoms with van der Waals surface area (Å²) in [7, 11) is 0. The second-order valence-corrected chi connectivity index (χ2v) is 8.16. The number of thioether (sulfide) groups is 1. The van der Waals surface area contributed by atoms with Crippen molar-refractivity contribution in [1.82, 2.24) is 19.4 Å². The van der Waals surface area contributed by atoms with Crippen LogP contribution in [0, 0.1) is 0 Å². The highest BCUT2D eigenvalue weighted by Gasteiger charge is 2.40. The summed E-state index contributed by atoms with van der Waals surface area (Å²) in [5, 5.41) is 1.05. The number of aromatic nitrogens is 2. The first-order valence-electron chi connectivity index (χ1n) is 9.05. The highest BCUT2D eigenvalue weighted by molar-refractivity contribution is 7.99. The molecule has 3 aliphatic rings. The third kappa shape index (κ3) is 2.61. The summed E-state index contributed by atoms with van der Waals surface area (Å²) in [5.41, 5.74) is 3.40. The number of aryl methyl sites for hydroxylation is 1. The molecule has 2 aromatic rings. The molecule has 1 atom stereocenters. The molecule has 0 saturated carbocycles. The standard InChI is InChI=1S/C19H20N4O2S/c24-17-10-16-9-13-3-1-2-4-14(13)11-23(16)19(25)22(17)6-5-15-12-21-7-8-26-18(21)20-15/h1-4,12,16H,5-11H2/t16-/m0/s1. The van der Waals surface area contributed by atoms with Gasteiger partial charge in [0, 0.05) is 50.5 Å². The number of imide groups is 1. The normalized spacial score (nSPS) is 21.6. The average molecular weight is 368 g/mol. The predicted octanol–water partition coefficient (Wildman–Crippen LogP) is 2.31. The lowest BCUT2D eigenvalue weighted by atomic mass is 9.91. The molecule has 0 bridgehead atoms. The molecule has 0 radical (unpaired) electrons. The molecule has 0 spiro atoms. The van der Waals surface area contributed by atoms with E-state index in [1.807, 2.05) is 23.2 Å². The first-order chi connectivity index (χ1) is 12.7. The summed E-state index contributed by atoms with van der Waals surface area (Å²) in [6.45, 7) is 1.99. The molecule has 0 aliphatic carbocycles. The molecule has 3 aliphatic heterocycles. The fourth-order valence-corrected chi connectivity index (χ4v) is 5.06. The van der Waals surface area contributed by atoms with E-state index in [1.165, 1.54) is 16.0 Å². The SMILES string of the molecule is O=C1C[C@@H]2Cc3ccccc3CN2C(=O)N1CCc1cn2c(n1)SCC2. The number of amides is 3. The average Bonchev–Trinajstić information content (AvgIpc) is 3.22. The fourth-order valence-electron chi connectivity index (χ4n) is 4.10. The van der Waals surface area contributed by atoms with Gasteiger partial charge in [-0.05, 0) is 17.5 Å². The molecule has 1 fully saturated rings. The first-order valence-corrected chi connectivity index (χ1v) is 10.0. The zero-order valence-electron chi connectivity index (χ0n) is 14.4. The van der Waals surface area contributed by atoms with E-state index in [9.17, 15) is 9.59 Å². The monoisotopic (exact) mass is 368 g/mol. The summed E-state index contributed by atoms with van der Waals surface area (Å²) in [6.07, 6.45) is 3.85. The van der Waals surface area contributed by atoms with Crippen molar-refractivity contribution in [3.05, 3.63) is 47.3 Å². The zero-order chi connectivity index (χ0) is 17.7. The molecule has 0 unspecified atom stereocenters. The molecule has 1 saturated heterocycles. The summed E-state index contributed by atoms with van der Waals surface area (Å²) in [6, 6.07) is 8.05. The van der Waals surface area contributed by atoms with Gasteiger partial charge >= 0.3 is 6.03 Å². The smallest absolute Gasteiger partial charge is 0.325 e. The van der Waals surface area contributed by atoms with Crippen molar-refractivity contribution in [2.75, 3.05) is 12.3 Å². The van der Waals surface area contributed by atoms with Crippen LogP contribution in [0.15, 0.2) is 35.6 Å². The Hall–Kier alpha value is -2.28. The molecule has 1 aromatic heterocycles. The molecular weight excluding hydrogens is 348 g/mol. The van der Waals surface area contributed by atoms with Crippen LogP contribution in [0.25, 0.3) is 0 Å². The largest absolute Gasteiger partial charge is 0.327 e. The number of nitrogens with zero attached hydrogens (tertiary/aromatic N) is 4. The molecule has 26 heavy (non-hydrogen) atoms. The van der Waals surface area contributed by atoms with Gasteiger partial charge in [0.25, 0.3) is 0 Å². The van der Waals surface area contributed by atoms with Crippen molar-refractivity contribution in [2.45, 2.75) is 43.6 Å². The molecular formula is C19H20N4O2S. The maximum atomic E-state index is 12.9. The van der Waals surface area contributed by atoms with Gasteiger partial charge in [-0.1, -0.05) is 36.0 Å². The Morgan fingerprint density at radius 1 is 1.15 bits per heavy atom. The van der Waals surface area contributed by atoms with Crippen molar-refractivity contribution in [1.29, 1.82) is 0 Å². The molecule has 1 aromatic carbocycles. The van der Waals surface area contributed by atoms with Crippen molar-refractivity contribution in [3.63, 3.8) is 0 Å². The van der Waals surface area contributed by atoms with Crippen LogP contribution < -0.4 is 0 Å². The third-order valence-electron chi connectivity index (χ3n) is 5.49. The van der Waals surface area contributed by atoms with Gasteiger partial charge in [0.05, 0.1) is 5.69 Å². The maximum absolute atomic E-state index is 12.9. The van der Waals surface area contributed by atoms with Gasteiger partial charge in [-0.3, -0.25) is 9.69 Å². The Morgan fingerprint density at radius 3 is 2.85 bits per heavy atom. The van der Waals surface area contributed by atoms with Crippen LogP contribution in [0.5, 0.6) is 0 Å². The molecule has 4 heterocycles. The molecule has 6 nitrogen and oxygen atoms in total. The van der Waals surface area contributed by atoms with Gasteiger partial charge in [0.2, 0.25) is 5.91 Å². The van der Waals surface area contributed by atoms with Crippen LogP contribution in [0.2, 0.25) is 0 Å². The Labute approximate surface area is 156 Å². The molecule has 5 rings (SSSR count). The van der Waals surface area contributed by atoms with E-state index < -0.39 is 0 Å². The molecule has 134 valence electrons. The number of benzene rings is 1. The summed E-state index contributed by atoms with van der Waals surface area (Å²) in [5.74, 6) is 1.01. The lowest BCUT2D eigenvalue weighted by molar-refractivity contribution is -0.133. The van der Waals surface area contributed by atoms with Crippen LogP contribution in [-0.4, -0.2) is 49.6 Å². The number of hydrogen-bond donors (Lipinski definition) is 0. The van der Waals surface area contributed by atoms with Gasteiger partial charge in [-0.25, -0.2) is 9.78 Å². The van der Waals surface area contributed by atoms with Crippen molar-refractivity contribution >= 4 is 23.7 Å². The molecule has 3 amide bonds.